The lowest BCUT2D eigenvalue weighted by Crippen LogP contribution is -2.39. The highest BCUT2D eigenvalue weighted by atomic mass is 32.1. The highest BCUT2D eigenvalue weighted by Gasteiger charge is 2.33. The van der Waals surface area contributed by atoms with Crippen LogP contribution in [-0.2, 0) is 4.74 Å². The smallest absolute Gasteiger partial charge is 0.251 e. The summed E-state index contributed by atoms with van der Waals surface area (Å²) in [5.41, 5.74) is 0. The third kappa shape index (κ3) is 2.18. The van der Waals surface area contributed by atoms with Crippen LogP contribution < -0.4 is 4.90 Å². The van der Waals surface area contributed by atoms with Gasteiger partial charge in [-0.2, -0.15) is 9.36 Å². The third-order valence-electron chi connectivity index (χ3n) is 3.58. The van der Waals surface area contributed by atoms with Crippen molar-refractivity contribution in [2.45, 2.75) is 31.7 Å². The van der Waals surface area contributed by atoms with Crippen LogP contribution in [0.2, 0.25) is 0 Å². The molecular formula is C12H15N5O2S. The van der Waals surface area contributed by atoms with Crippen molar-refractivity contribution < 1.29 is 9.26 Å². The lowest BCUT2D eigenvalue weighted by Gasteiger charge is -2.32. The van der Waals surface area contributed by atoms with E-state index in [2.05, 4.69) is 24.4 Å². The van der Waals surface area contributed by atoms with Gasteiger partial charge in [0.1, 0.15) is 11.9 Å². The summed E-state index contributed by atoms with van der Waals surface area (Å²) in [5, 5.41) is 4.79. The van der Waals surface area contributed by atoms with Crippen LogP contribution in [0.3, 0.4) is 0 Å². The van der Waals surface area contributed by atoms with Crippen molar-refractivity contribution in [2.24, 2.45) is 0 Å². The Morgan fingerprint density at radius 1 is 1.30 bits per heavy atom. The molecule has 0 aromatic carbocycles. The Balaban J connectivity index is 1.62. The topological polar surface area (TPSA) is 77.2 Å². The van der Waals surface area contributed by atoms with Crippen LogP contribution in [-0.4, -0.2) is 39.3 Å². The van der Waals surface area contributed by atoms with Crippen LogP contribution in [0.15, 0.2) is 4.52 Å². The average Bonchev–Trinajstić information content (AvgIpc) is 3.04. The van der Waals surface area contributed by atoms with Gasteiger partial charge in [0.05, 0.1) is 13.2 Å². The largest absolute Gasteiger partial charge is 0.377 e. The van der Waals surface area contributed by atoms with E-state index in [1.807, 2.05) is 6.92 Å². The van der Waals surface area contributed by atoms with Gasteiger partial charge in [0.25, 0.3) is 5.89 Å². The highest BCUT2D eigenvalue weighted by molar-refractivity contribution is 7.09. The van der Waals surface area contributed by atoms with E-state index in [9.17, 15) is 0 Å². The number of hydrogen-bond acceptors (Lipinski definition) is 8. The van der Waals surface area contributed by atoms with Crippen LogP contribution in [0, 0.1) is 6.92 Å². The molecule has 1 aliphatic carbocycles. The van der Waals surface area contributed by atoms with E-state index in [0.717, 1.165) is 17.5 Å². The van der Waals surface area contributed by atoms with Gasteiger partial charge in [-0.25, -0.2) is 4.98 Å². The molecule has 0 amide bonds. The standard InChI is InChI=1S/C12H15N5O2S/c1-7-13-11(19-15-7)9-6-18-5-4-17(9)12-14-10(16-20-12)8-2-3-8/h8-9H,2-6H2,1H3. The van der Waals surface area contributed by atoms with Gasteiger partial charge in [-0.05, 0) is 19.8 Å². The van der Waals surface area contributed by atoms with Crippen molar-refractivity contribution in [3.63, 3.8) is 0 Å². The fourth-order valence-corrected chi connectivity index (χ4v) is 3.16. The minimum atomic E-state index is -0.0649. The van der Waals surface area contributed by atoms with E-state index < -0.39 is 0 Å². The molecule has 1 saturated heterocycles. The first-order chi connectivity index (χ1) is 9.81. The summed E-state index contributed by atoms with van der Waals surface area (Å²) in [5.74, 6) is 2.79. The van der Waals surface area contributed by atoms with Crippen molar-refractivity contribution in [1.29, 1.82) is 0 Å². The van der Waals surface area contributed by atoms with E-state index in [0.29, 0.717) is 30.8 Å². The normalized spacial score (nSPS) is 23.2. The Bertz CT molecular complexity index is 609. The van der Waals surface area contributed by atoms with Gasteiger partial charge in [-0.3, -0.25) is 0 Å². The zero-order valence-corrected chi connectivity index (χ0v) is 12.0. The average molecular weight is 293 g/mol. The van der Waals surface area contributed by atoms with Gasteiger partial charge in [0.2, 0.25) is 5.13 Å². The van der Waals surface area contributed by atoms with Gasteiger partial charge in [0.15, 0.2) is 5.82 Å². The number of hydrogen-bond donors (Lipinski definition) is 0. The van der Waals surface area contributed by atoms with E-state index in [1.54, 1.807) is 0 Å². The van der Waals surface area contributed by atoms with Crippen molar-refractivity contribution in [1.82, 2.24) is 19.5 Å². The number of aryl methyl sites for hydroxylation is 1. The van der Waals surface area contributed by atoms with Gasteiger partial charge in [-0.15, -0.1) is 0 Å². The number of morpholine rings is 1. The van der Waals surface area contributed by atoms with E-state index in [4.69, 9.17) is 9.26 Å². The molecular weight excluding hydrogens is 278 g/mol. The van der Waals surface area contributed by atoms with Crippen molar-refractivity contribution >= 4 is 16.7 Å². The summed E-state index contributed by atoms with van der Waals surface area (Å²) >= 11 is 1.45. The predicted molar refractivity (Wildman–Crippen MR) is 71.8 cm³/mol. The van der Waals surface area contributed by atoms with E-state index in [-0.39, 0.29) is 6.04 Å². The van der Waals surface area contributed by atoms with Gasteiger partial charge in [-0.1, -0.05) is 5.16 Å². The molecule has 106 valence electrons. The fourth-order valence-electron chi connectivity index (χ4n) is 2.34. The number of aromatic nitrogens is 4. The highest BCUT2D eigenvalue weighted by Crippen LogP contribution is 2.40. The Morgan fingerprint density at radius 2 is 2.20 bits per heavy atom. The third-order valence-corrected chi connectivity index (χ3v) is 4.34. The van der Waals surface area contributed by atoms with E-state index in [1.165, 1.54) is 24.4 Å². The Morgan fingerprint density at radius 3 is 2.95 bits per heavy atom. The SMILES string of the molecule is Cc1noc(C2COCCN2c2nc(C3CC3)ns2)n1. The lowest BCUT2D eigenvalue weighted by molar-refractivity contribution is 0.0838. The molecule has 1 atom stereocenters. The Labute approximate surface area is 120 Å². The van der Waals surface area contributed by atoms with Gasteiger partial charge < -0.3 is 14.2 Å². The minimum absolute atomic E-state index is 0.0649. The summed E-state index contributed by atoms with van der Waals surface area (Å²) in [7, 11) is 0. The first-order valence-electron chi connectivity index (χ1n) is 6.79. The maximum atomic E-state index is 5.55. The van der Waals surface area contributed by atoms with Crippen LogP contribution in [0.25, 0.3) is 0 Å². The maximum Gasteiger partial charge on any atom is 0.251 e. The molecule has 2 aliphatic rings. The molecule has 4 rings (SSSR count). The second-order valence-electron chi connectivity index (χ2n) is 5.17. The van der Waals surface area contributed by atoms with Gasteiger partial charge >= 0.3 is 0 Å². The molecule has 0 bridgehead atoms. The summed E-state index contributed by atoms with van der Waals surface area (Å²) in [6, 6.07) is -0.0649. The lowest BCUT2D eigenvalue weighted by atomic mass is 10.2. The summed E-state index contributed by atoms with van der Waals surface area (Å²) < 4.78 is 15.3. The van der Waals surface area contributed by atoms with Crippen molar-refractivity contribution in [3.05, 3.63) is 17.5 Å². The molecule has 0 radical (unpaired) electrons. The Kier molecular flexibility index (Phi) is 2.92. The first kappa shape index (κ1) is 12.2. The summed E-state index contributed by atoms with van der Waals surface area (Å²) in [6.45, 7) is 3.81. The zero-order chi connectivity index (χ0) is 13.5. The molecule has 8 heteroatoms. The van der Waals surface area contributed by atoms with Crippen molar-refractivity contribution in [3.8, 4) is 0 Å². The Hall–Kier alpha value is -1.54. The molecule has 2 fully saturated rings. The molecule has 2 aromatic heterocycles. The minimum Gasteiger partial charge on any atom is -0.377 e. The molecule has 7 nitrogen and oxygen atoms in total. The number of ether oxygens (including phenoxy) is 1. The second kappa shape index (κ2) is 4.78. The second-order valence-corrected chi connectivity index (χ2v) is 5.90. The number of rotatable bonds is 3. The van der Waals surface area contributed by atoms with Gasteiger partial charge in [0, 0.05) is 24.0 Å². The fraction of sp³-hybridized carbons (Fsp3) is 0.667. The van der Waals surface area contributed by atoms with Crippen LogP contribution in [0.1, 0.15) is 42.3 Å². The molecule has 1 unspecified atom stereocenters. The molecule has 0 N–H and O–H groups in total. The number of nitrogens with zero attached hydrogens (tertiary/aromatic N) is 5. The predicted octanol–water partition coefficient (Wildman–Crippen LogP) is 1.68. The zero-order valence-electron chi connectivity index (χ0n) is 11.2. The van der Waals surface area contributed by atoms with E-state index >= 15 is 0 Å². The van der Waals surface area contributed by atoms with Crippen LogP contribution in [0.4, 0.5) is 5.13 Å². The van der Waals surface area contributed by atoms with Crippen molar-refractivity contribution in [2.75, 3.05) is 24.7 Å². The number of anilines is 1. The monoisotopic (exact) mass is 293 g/mol. The molecule has 0 spiro atoms. The van der Waals surface area contributed by atoms with Crippen LogP contribution in [0.5, 0.6) is 0 Å². The molecule has 2 aromatic rings. The summed E-state index contributed by atoms with van der Waals surface area (Å²) in [6.07, 6.45) is 2.43. The maximum absolute atomic E-state index is 5.55. The first-order valence-corrected chi connectivity index (χ1v) is 7.57. The molecule has 1 aliphatic heterocycles. The molecule has 20 heavy (non-hydrogen) atoms. The molecule has 1 saturated carbocycles. The quantitative estimate of drug-likeness (QED) is 0.852. The van der Waals surface area contributed by atoms with Crippen LogP contribution >= 0.6 is 11.5 Å². The molecule has 3 heterocycles. The summed E-state index contributed by atoms with van der Waals surface area (Å²) in [4.78, 5) is 11.2.